The van der Waals surface area contributed by atoms with Crippen molar-refractivity contribution in [2.75, 3.05) is 17.2 Å². The number of rotatable bonds is 7. The maximum absolute atomic E-state index is 13.3. The highest BCUT2D eigenvalue weighted by Gasteiger charge is 2.24. The lowest BCUT2D eigenvalue weighted by molar-refractivity contribution is 0.243. The molecule has 2 heterocycles. The van der Waals surface area contributed by atoms with Crippen molar-refractivity contribution >= 4 is 28.3 Å². The highest BCUT2D eigenvalue weighted by Crippen LogP contribution is 2.34. The molecule has 0 atom stereocenters. The van der Waals surface area contributed by atoms with Gasteiger partial charge in [0.05, 0.1) is 23.7 Å². The molecule has 0 aliphatic rings. The number of amides is 2. The molecule has 2 aromatic heterocycles. The zero-order valence-corrected chi connectivity index (χ0v) is 25.4. The number of fused-ring (bicyclic) bond motifs is 1. The van der Waals surface area contributed by atoms with Gasteiger partial charge in [-0.15, -0.1) is 0 Å². The Kier molecular flexibility index (Phi) is 7.78. The quantitative estimate of drug-likeness (QED) is 0.209. The van der Waals surface area contributed by atoms with Crippen LogP contribution in [0.1, 0.15) is 57.1 Å². The van der Waals surface area contributed by atoms with Gasteiger partial charge in [-0.1, -0.05) is 76.6 Å². The molecule has 0 spiro atoms. The van der Waals surface area contributed by atoms with Gasteiger partial charge < -0.3 is 10.1 Å². The van der Waals surface area contributed by atoms with Gasteiger partial charge in [-0.2, -0.15) is 5.10 Å². The number of carbonyl (C=O) groups is 1. The zero-order valence-electron chi connectivity index (χ0n) is 25.4. The molecule has 2 amide bonds. The zero-order chi connectivity index (χ0) is 30.1. The van der Waals surface area contributed by atoms with Crippen LogP contribution >= 0.6 is 0 Å². The van der Waals surface area contributed by atoms with E-state index in [1.807, 2.05) is 92.8 Å². The summed E-state index contributed by atoms with van der Waals surface area (Å²) in [5.74, 6) is 1.36. The van der Waals surface area contributed by atoms with Crippen LogP contribution in [0.5, 0.6) is 5.75 Å². The third-order valence-electron chi connectivity index (χ3n) is 7.40. The van der Waals surface area contributed by atoms with E-state index in [0.717, 1.165) is 39.2 Å². The molecule has 0 aliphatic carbocycles. The summed E-state index contributed by atoms with van der Waals surface area (Å²) in [6.07, 6.45) is 1.84. The van der Waals surface area contributed by atoms with Crippen molar-refractivity contribution in [2.24, 2.45) is 0 Å². The van der Waals surface area contributed by atoms with Gasteiger partial charge in [0, 0.05) is 39.6 Å². The molecule has 7 heteroatoms. The second-order valence-electron chi connectivity index (χ2n) is 12.5. The third-order valence-corrected chi connectivity index (χ3v) is 7.40. The molecule has 0 radical (unpaired) electrons. The van der Waals surface area contributed by atoms with E-state index in [-0.39, 0.29) is 16.9 Å². The summed E-state index contributed by atoms with van der Waals surface area (Å²) in [5, 5.41) is 12.7. The number of urea groups is 1. The SMILES string of the molecule is Cc1ccc(-n2nc(C(C)(C)C)cc2NC(=O)Nc2ccc(OCC(C)(C)c3ccnc(C)c3)c3ccccc23)cc1. The van der Waals surface area contributed by atoms with Gasteiger partial charge in [-0.25, -0.2) is 9.48 Å². The van der Waals surface area contributed by atoms with Crippen molar-refractivity contribution in [1.29, 1.82) is 0 Å². The Labute approximate surface area is 248 Å². The van der Waals surface area contributed by atoms with Crippen LogP contribution in [0.15, 0.2) is 85.1 Å². The van der Waals surface area contributed by atoms with E-state index in [1.54, 1.807) is 4.68 Å². The first kappa shape index (κ1) is 28.9. The number of pyridine rings is 1. The number of nitrogens with one attached hydrogen (secondary N) is 2. The number of ether oxygens (including phenoxy) is 1. The second kappa shape index (κ2) is 11.3. The monoisotopic (exact) mass is 561 g/mol. The van der Waals surface area contributed by atoms with E-state index in [4.69, 9.17) is 9.84 Å². The smallest absolute Gasteiger partial charge is 0.324 e. The van der Waals surface area contributed by atoms with Crippen molar-refractivity contribution in [3.8, 4) is 11.4 Å². The molecule has 5 aromatic rings. The molecule has 0 fully saturated rings. The first-order valence-corrected chi connectivity index (χ1v) is 14.2. The molecule has 216 valence electrons. The van der Waals surface area contributed by atoms with Gasteiger partial charge in [0.25, 0.3) is 0 Å². The highest BCUT2D eigenvalue weighted by molar-refractivity contribution is 6.07. The van der Waals surface area contributed by atoms with Gasteiger partial charge in [0.2, 0.25) is 0 Å². The lowest BCUT2D eigenvalue weighted by atomic mass is 9.86. The number of hydrogen-bond donors (Lipinski definition) is 2. The van der Waals surface area contributed by atoms with Crippen molar-refractivity contribution in [2.45, 2.75) is 59.3 Å². The molecule has 0 saturated carbocycles. The lowest BCUT2D eigenvalue weighted by Gasteiger charge is -2.26. The van der Waals surface area contributed by atoms with Crippen LogP contribution in [-0.2, 0) is 10.8 Å². The molecule has 42 heavy (non-hydrogen) atoms. The van der Waals surface area contributed by atoms with E-state index >= 15 is 0 Å². The molecule has 0 bridgehead atoms. The minimum absolute atomic E-state index is 0.181. The predicted molar refractivity (Wildman–Crippen MR) is 171 cm³/mol. The lowest BCUT2D eigenvalue weighted by Crippen LogP contribution is -2.26. The Morgan fingerprint density at radius 2 is 1.57 bits per heavy atom. The minimum Gasteiger partial charge on any atom is -0.492 e. The summed E-state index contributed by atoms with van der Waals surface area (Å²) < 4.78 is 8.16. The Hall–Kier alpha value is -4.65. The number of benzene rings is 3. The Morgan fingerprint density at radius 3 is 2.26 bits per heavy atom. The first-order chi connectivity index (χ1) is 19.9. The average Bonchev–Trinajstić information content (AvgIpc) is 3.37. The van der Waals surface area contributed by atoms with Gasteiger partial charge in [0.15, 0.2) is 0 Å². The van der Waals surface area contributed by atoms with Crippen molar-refractivity contribution < 1.29 is 9.53 Å². The number of hydrogen-bond acceptors (Lipinski definition) is 4. The van der Waals surface area contributed by atoms with Gasteiger partial charge in [-0.05, 0) is 55.8 Å². The number of aryl methyl sites for hydroxylation is 2. The molecule has 7 nitrogen and oxygen atoms in total. The van der Waals surface area contributed by atoms with Crippen molar-refractivity contribution in [3.63, 3.8) is 0 Å². The average molecular weight is 562 g/mol. The maximum Gasteiger partial charge on any atom is 0.324 e. The van der Waals surface area contributed by atoms with Gasteiger partial charge in [-0.3, -0.25) is 10.3 Å². The predicted octanol–water partition coefficient (Wildman–Crippen LogP) is 8.34. The fourth-order valence-corrected chi connectivity index (χ4v) is 4.80. The number of anilines is 2. The molecule has 3 aromatic carbocycles. The van der Waals surface area contributed by atoms with E-state index in [2.05, 4.69) is 56.3 Å². The maximum atomic E-state index is 13.3. The summed E-state index contributed by atoms with van der Waals surface area (Å²) in [6.45, 7) is 15.2. The third kappa shape index (κ3) is 6.30. The van der Waals surface area contributed by atoms with Gasteiger partial charge >= 0.3 is 6.03 Å². The summed E-state index contributed by atoms with van der Waals surface area (Å²) in [5.41, 5.74) is 5.38. The molecule has 0 unspecified atom stereocenters. The van der Waals surface area contributed by atoms with Crippen molar-refractivity contribution in [3.05, 3.63) is 108 Å². The Morgan fingerprint density at radius 1 is 0.857 bits per heavy atom. The Balaban J connectivity index is 1.38. The van der Waals surface area contributed by atoms with Crippen LogP contribution < -0.4 is 15.4 Å². The van der Waals surface area contributed by atoms with E-state index < -0.39 is 0 Å². The summed E-state index contributed by atoms with van der Waals surface area (Å²) in [7, 11) is 0. The minimum atomic E-state index is -0.350. The van der Waals surface area contributed by atoms with Crippen LogP contribution in [0.4, 0.5) is 16.3 Å². The normalized spacial score (nSPS) is 11.9. The second-order valence-corrected chi connectivity index (χ2v) is 12.5. The van der Waals surface area contributed by atoms with Crippen LogP contribution in [0.25, 0.3) is 16.5 Å². The standard InChI is InChI=1S/C35H39N5O2/c1-23-12-14-26(15-13-23)40-32(21-31(39-40)34(3,4)5)38-33(41)37-29-16-17-30(28-11-9-8-10-27(28)29)42-22-35(6,7)25-18-19-36-24(2)20-25/h8-21H,22H2,1-7H3,(H2,37,38,41). The van der Waals surface area contributed by atoms with Crippen molar-refractivity contribution in [1.82, 2.24) is 14.8 Å². The molecule has 0 aliphatic heterocycles. The number of carbonyl (C=O) groups excluding carboxylic acids is 1. The van der Waals surface area contributed by atoms with E-state index in [9.17, 15) is 4.79 Å². The number of aromatic nitrogens is 3. The molecular weight excluding hydrogens is 522 g/mol. The highest BCUT2D eigenvalue weighted by atomic mass is 16.5. The van der Waals surface area contributed by atoms with Crippen LogP contribution in [0, 0.1) is 13.8 Å². The first-order valence-electron chi connectivity index (χ1n) is 14.2. The van der Waals surface area contributed by atoms with Crippen LogP contribution in [0.2, 0.25) is 0 Å². The molecular formula is C35H39N5O2. The topological polar surface area (TPSA) is 81.1 Å². The fourth-order valence-electron chi connectivity index (χ4n) is 4.80. The molecule has 0 saturated heterocycles. The van der Waals surface area contributed by atoms with Gasteiger partial charge in [0.1, 0.15) is 11.6 Å². The summed E-state index contributed by atoms with van der Waals surface area (Å²) in [4.78, 5) is 17.7. The van der Waals surface area contributed by atoms with Crippen LogP contribution in [0.3, 0.4) is 0 Å². The fraction of sp³-hybridized carbons (Fsp3) is 0.286. The summed E-state index contributed by atoms with van der Waals surface area (Å²) >= 11 is 0. The molecule has 2 N–H and O–H groups in total. The van der Waals surface area contributed by atoms with Crippen LogP contribution in [-0.4, -0.2) is 27.4 Å². The molecule has 5 rings (SSSR count). The summed E-state index contributed by atoms with van der Waals surface area (Å²) in [6, 6.07) is 25.5. The Bertz CT molecular complexity index is 1730. The van der Waals surface area contributed by atoms with E-state index in [1.165, 1.54) is 5.56 Å². The largest absolute Gasteiger partial charge is 0.492 e. The number of nitrogens with zero attached hydrogens (tertiary/aromatic N) is 3. The van der Waals surface area contributed by atoms with E-state index in [0.29, 0.717) is 18.1 Å².